The molecule has 0 radical (unpaired) electrons. The Morgan fingerprint density at radius 2 is 2.19 bits per heavy atom. The second-order valence-corrected chi connectivity index (χ2v) is 4.60. The lowest BCUT2D eigenvalue weighted by atomic mass is 10.0. The molecule has 0 aliphatic heterocycles. The van der Waals surface area contributed by atoms with Crippen molar-refractivity contribution in [3.05, 3.63) is 52.0 Å². The summed E-state index contributed by atoms with van der Waals surface area (Å²) >= 11 is 1.56. The van der Waals surface area contributed by atoms with Crippen molar-refractivity contribution >= 4 is 17.0 Å². The molecule has 1 aromatic carbocycles. The summed E-state index contributed by atoms with van der Waals surface area (Å²) in [5.41, 5.74) is 6.57. The number of anilines is 1. The maximum Gasteiger partial charge on any atom is 0.123 e. The topological polar surface area (TPSA) is 46.2 Å². The molecule has 0 saturated carbocycles. The number of nitrogen functional groups attached to an aromatic ring is 1. The van der Waals surface area contributed by atoms with Crippen molar-refractivity contribution in [1.29, 1.82) is 0 Å². The lowest BCUT2D eigenvalue weighted by Crippen LogP contribution is -2.05. The molecule has 0 bridgehead atoms. The molecule has 4 heteroatoms. The third kappa shape index (κ3) is 2.40. The highest BCUT2D eigenvalue weighted by Crippen LogP contribution is 2.26. The highest BCUT2D eigenvalue weighted by molar-refractivity contribution is 7.09. The number of thiophene rings is 1. The predicted molar refractivity (Wildman–Crippen MR) is 63.8 cm³/mol. The molecule has 84 valence electrons. The van der Waals surface area contributed by atoms with E-state index < -0.39 is 6.10 Å². The maximum atomic E-state index is 13.0. The van der Waals surface area contributed by atoms with Crippen molar-refractivity contribution in [3.63, 3.8) is 0 Å². The van der Waals surface area contributed by atoms with Crippen LogP contribution in [0.25, 0.3) is 0 Å². The van der Waals surface area contributed by atoms with Crippen LogP contribution in [-0.4, -0.2) is 5.11 Å². The van der Waals surface area contributed by atoms with E-state index in [1.807, 2.05) is 17.5 Å². The summed E-state index contributed by atoms with van der Waals surface area (Å²) in [7, 11) is 0. The highest BCUT2D eigenvalue weighted by Gasteiger charge is 2.13. The van der Waals surface area contributed by atoms with E-state index in [4.69, 9.17) is 5.73 Å². The first-order chi connectivity index (χ1) is 7.66. The number of benzene rings is 1. The third-order valence-electron chi connectivity index (χ3n) is 2.38. The van der Waals surface area contributed by atoms with Gasteiger partial charge in [0.2, 0.25) is 0 Å². The molecule has 2 aromatic rings. The van der Waals surface area contributed by atoms with E-state index in [0.29, 0.717) is 17.7 Å². The normalized spacial score (nSPS) is 12.6. The molecular formula is C12H12FNOS. The molecule has 0 aliphatic carbocycles. The van der Waals surface area contributed by atoms with Gasteiger partial charge in [0.05, 0.1) is 6.10 Å². The van der Waals surface area contributed by atoms with Crippen LogP contribution in [0.5, 0.6) is 0 Å². The van der Waals surface area contributed by atoms with Crippen molar-refractivity contribution in [1.82, 2.24) is 0 Å². The van der Waals surface area contributed by atoms with Crippen LogP contribution in [0.4, 0.5) is 10.1 Å². The monoisotopic (exact) mass is 237 g/mol. The van der Waals surface area contributed by atoms with Gasteiger partial charge in [-0.25, -0.2) is 4.39 Å². The minimum atomic E-state index is -0.755. The van der Waals surface area contributed by atoms with E-state index in [2.05, 4.69) is 0 Å². The van der Waals surface area contributed by atoms with E-state index in [9.17, 15) is 9.50 Å². The average molecular weight is 237 g/mol. The summed E-state index contributed by atoms with van der Waals surface area (Å²) < 4.78 is 13.0. The summed E-state index contributed by atoms with van der Waals surface area (Å²) in [6, 6.07) is 7.90. The second kappa shape index (κ2) is 4.63. The molecule has 3 N–H and O–H groups in total. The number of nitrogens with two attached hydrogens (primary N) is 1. The molecule has 16 heavy (non-hydrogen) atoms. The lowest BCUT2D eigenvalue weighted by molar-refractivity contribution is 0.180. The van der Waals surface area contributed by atoms with Crippen molar-refractivity contribution in [2.75, 3.05) is 5.73 Å². The van der Waals surface area contributed by atoms with Crippen LogP contribution in [0.3, 0.4) is 0 Å². The van der Waals surface area contributed by atoms with Gasteiger partial charge in [-0.15, -0.1) is 11.3 Å². The van der Waals surface area contributed by atoms with Gasteiger partial charge in [-0.2, -0.15) is 0 Å². The first kappa shape index (κ1) is 11.1. The number of hydrogen-bond donors (Lipinski definition) is 2. The quantitative estimate of drug-likeness (QED) is 0.806. The van der Waals surface area contributed by atoms with Gasteiger partial charge in [0, 0.05) is 22.5 Å². The van der Waals surface area contributed by atoms with Gasteiger partial charge in [0.15, 0.2) is 0 Å². The fraction of sp³-hybridized carbons (Fsp3) is 0.167. The number of aliphatic hydroxyl groups is 1. The van der Waals surface area contributed by atoms with E-state index in [1.54, 1.807) is 11.3 Å². The minimum Gasteiger partial charge on any atom is -0.398 e. The fourth-order valence-electron chi connectivity index (χ4n) is 1.56. The molecule has 0 amide bonds. The number of hydrogen-bond acceptors (Lipinski definition) is 3. The van der Waals surface area contributed by atoms with Crippen LogP contribution in [0, 0.1) is 5.82 Å². The summed E-state index contributed by atoms with van der Waals surface area (Å²) in [5, 5.41) is 11.9. The Bertz CT molecular complexity index is 470. The first-order valence-corrected chi connectivity index (χ1v) is 5.80. The Labute approximate surface area is 97.2 Å². The molecule has 0 fully saturated rings. The van der Waals surface area contributed by atoms with Crippen LogP contribution in [-0.2, 0) is 6.42 Å². The zero-order valence-corrected chi connectivity index (χ0v) is 9.38. The van der Waals surface area contributed by atoms with Crippen LogP contribution in [0.2, 0.25) is 0 Å². The summed E-state index contributed by atoms with van der Waals surface area (Å²) in [4.78, 5) is 1.05. The average Bonchev–Trinajstić information content (AvgIpc) is 2.74. The molecule has 1 atom stereocenters. The number of rotatable bonds is 3. The van der Waals surface area contributed by atoms with Crippen LogP contribution >= 0.6 is 11.3 Å². The molecule has 1 unspecified atom stereocenters. The molecule has 2 rings (SSSR count). The fourth-order valence-corrected chi connectivity index (χ4v) is 2.31. The SMILES string of the molecule is Nc1ccc(F)cc1C(O)Cc1cccs1. The standard InChI is InChI=1S/C12H12FNOS/c13-8-3-4-11(14)10(6-8)12(15)7-9-2-1-5-16-9/h1-6,12,15H,7,14H2. The Hall–Kier alpha value is -1.39. The third-order valence-corrected chi connectivity index (χ3v) is 3.28. The van der Waals surface area contributed by atoms with Gasteiger partial charge in [-0.3, -0.25) is 0 Å². The molecule has 1 heterocycles. The Morgan fingerprint density at radius 3 is 2.88 bits per heavy atom. The predicted octanol–water partition coefficient (Wildman–Crippen LogP) is 2.75. The largest absolute Gasteiger partial charge is 0.398 e. The minimum absolute atomic E-state index is 0.380. The van der Waals surface area contributed by atoms with Crippen LogP contribution in [0.1, 0.15) is 16.5 Å². The van der Waals surface area contributed by atoms with E-state index >= 15 is 0 Å². The van der Waals surface area contributed by atoms with Gasteiger partial charge in [-0.1, -0.05) is 6.07 Å². The van der Waals surface area contributed by atoms with E-state index in [0.717, 1.165) is 4.88 Å². The van der Waals surface area contributed by atoms with Gasteiger partial charge < -0.3 is 10.8 Å². The molecule has 0 saturated heterocycles. The van der Waals surface area contributed by atoms with Crippen LogP contribution < -0.4 is 5.73 Å². The van der Waals surface area contributed by atoms with Gasteiger partial charge in [-0.05, 0) is 29.6 Å². The van der Waals surface area contributed by atoms with Gasteiger partial charge in [0.25, 0.3) is 0 Å². The van der Waals surface area contributed by atoms with Crippen molar-refractivity contribution in [3.8, 4) is 0 Å². The van der Waals surface area contributed by atoms with Gasteiger partial charge >= 0.3 is 0 Å². The van der Waals surface area contributed by atoms with Crippen molar-refractivity contribution in [2.45, 2.75) is 12.5 Å². The Morgan fingerprint density at radius 1 is 1.38 bits per heavy atom. The maximum absolute atomic E-state index is 13.0. The lowest BCUT2D eigenvalue weighted by Gasteiger charge is -2.12. The van der Waals surface area contributed by atoms with Crippen molar-refractivity contribution < 1.29 is 9.50 Å². The summed E-state index contributed by atoms with van der Waals surface area (Å²) in [6.07, 6.45) is -0.292. The molecule has 1 aromatic heterocycles. The van der Waals surface area contributed by atoms with Gasteiger partial charge in [0.1, 0.15) is 5.82 Å². The number of halogens is 1. The Balaban J connectivity index is 2.20. The number of aliphatic hydroxyl groups excluding tert-OH is 1. The summed E-state index contributed by atoms with van der Waals surface area (Å²) in [6.45, 7) is 0. The van der Waals surface area contributed by atoms with E-state index in [-0.39, 0.29) is 5.82 Å². The van der Waals surface area contributed by atoms with E-state index in [1.165, 1.54) is 18.2 Å². The molecular weight excluding hydrogens is 225 g/mol. The first-order valence-electron chi connectivity index (χ1n) is 4.92. The second-order valence-electron chi connectivity index (χ2n) is 3.57. The highest BCUT2D eigenvalue weighted by atomic mass is 32.1. The summed E-state index contributed by atoms with van der Waals surface area (Å²) in [5.74, 6) is -0.380. The van der Waals surface area contributed by atoms with Crippen molar-refractivity contribution in [2.24, 2.45) is 0 Å². The Kier molecular flexibility index (Phi) is 3.22. The zero-order valence-electron chi connectivity index (χ0n) is 8.56. The van der Waals surface area contributed by atoms with Crippen LogP contribution in [0.15, 0.2) is 35.7 Å². The molecule has 0 spiro atoms. The zero-order chi connectivity index (χ0) is 11.5. The molecule has 2 nitrogen and oxygen atoms in total. The smallest absolute Gasteiger partial charge is 0.123 e. The molecule has 0 aliphatic rings.